The lowest BCUT2D eigenvalue weighted by molar-refractivity contribution is -0.122. The summed E-state index contributed by atoms with van der Waals surface area (Å²) >= 11 is 2.82. The normalized spacial score (nSPS) is 20.5. The molecule has 0 bridgehead atoms. The lowest BCUT2D eigenvalue weighted by atomic mass is 9.64. The fourth-order valence-corrected chi connectivity index (χ4v) is 7.30. The Morgan fingerprint density at radius 2 is 2.08 bits per heavy atom. The number of carbonyl (C=O) groups is 2. The number of rotatable bonds is 4. The zero-order valence-corrected chi connectivity index (χ0v) is 21.9. The van der Waals surface area contributed by atoms with Gasteiger partial charge >= 0.3 is 0 Å². The lowest BCUT2D eigenvalue weighted by Crippen LogP contribution is -2.50. The van der Waals surface area contributed by atoms with E-state index < -0.39 is 17.1 Å². The van der Waals surface area contributed by atoms with E-state index in [9.17, 15) is 19.2 Å². The number of hydrogen-bond donors (Lipinski definition) is 2. The Labute approximate surface area is 226 Å². The molecule has 1 atom stereocenters. The number of ketones is 1. The molecule has 1 aliphatic carbocycles. The monoisotopic (exact) mass is 544 g/mol. The number of carbonyl (C=O) groups excluding carboxylic acids is 2. The van der Waals surface area contributed by atoms with Gasteiger partial charge in [0.25, 0.3) is 0 Å². The molecule has 8 nitrogen and oxygen atoms in total. The first-order valence-corrected chi connectivity index (χ1v) is 13.8. The molecule has 3 aromatic rings. The zero-order chi connectivity index (χ0) is 26.6. The fourth-order valence-electron chi connectivity index (χ4n) is 5.48. The second-order valence-corrected chi connectivity index (χ2v) is 11.5. The molecule has 1 spiro atoms. The van der Waals surface area contributed by atoms with Gasteiger partial charge in [-0.1, -0.05) is 52.9 Å². The van der Waals surface area contributed by atoms with Crippen LogP contribution < -0.4 is 16.0 Å². The van der Waals surface area contributed by atoms with Crippen LogP contribution in [0.2, 0.25) is 0 Å². The van der Waals surface area contributed by atoms with Crippen LogP contribution in [0.5, 0.6) is 0 Å². The minimum atomic E-state index is -1.81. The topological polar surface area (TPSA) is 125 Å². The van der Waals surface area contributed by atoms with Gasteiger partial charge in [-0.3, -0.25) is 14.5 Å². The van der Waals surface area contributed by atoms with Gasteiger partial charge in [0.05, 0.1) is 5.57 Å². The molecule has 190 valence electrons. The molecule has 11 heteroatoms. The Balaban J connectivity index is 1.47. The van der Waals surface area contributed by atoms with Gasteiger partial charge in [-0.05, 0) is 43.5 Å². The molecular weight excluding hydrogens is 523 g/mol. The Morgan fingerprint density at radius 1 is 1.24 bits per heavy atom. The van der Waals surface area contributed by atoms with Gasteiger partial charge in [-0.2, -0.15) is 5.26 Å². The highest BCUT2D eigenvalue weighted by Crippen LogP contribution is 2.55. The van der Waals surface area contributed by atoms with E-state index in [1.54, 1.807) is 4.90 Å². The van der Waals surface area contributed by atoms with Crippen LogP contribution in [0.1, 0.15) is 36.0 Å². The molecule has 1 amide bonds. The lowest BCUT2D eigenvalue weighted by Gasteiger charge is -2.42. The summed E-state index contributed by atoms with van der Waals surface area (Å²) < 4.78 is 15.1. The predicted octanol–water partition coefficient (Wildman–Crippen LogP) is 4.69. The average molecular weight is 545 g/mol. The summed E-state index contributed by atoms with van der Waals surface area (Å²) in [7, 11) is 0. The maximum absolute atomic E-state index is 14.4. The van der Waals surface area contributed by atoms with Crippen LogP contribution in [0, 0.1) is 24.1 Å². The molecule has 3 N–H and O–H groups in total. The van der Waals surface area contributed by atoms with Crippen LogP contribution in [0.4, 0.5) is 15.2 Å². The van der Waals surface area contributed by atoms with Gasteiger partial charge in [0.2, 0.25) is 11.0 Å². The molecule has 2 aromatic carbocycles. The van der Waals surface area contributed by atoms with Crippen LogP contribution in [0.3, 0.4) is 0 Å². The van der Waals surface area contributed by atoms with Crippen LogP contribution in [0.15, 0.2) is 69.5 Å². The van der Waals surface area contributed by atoms with Crippen LogP contribution in [-0.2, 0) is 20.8 Å². The number of nitriles is 1. The van der Waals surface area contributed by atoms with Gasteiger partial charge in [0.15, 0.2) is 10.1 Å². The summed E-state index contributed by atoms with van der Waals surface area (Å²) in [6, 6.07) is 14.1. The minimum Gasteiger partial charge on any atom is -0.384 e. The van der Waals surface area contributed by atoms with Crippen molar-refractivity contribution in [2.24, 2.45) is 5.73 Å². The Bertz CT molecular complexity index is 1640. The van der Waals surface area contributed by atoms with Crippen molar-refractivity contribution in [3.8, 4) is 6.07 Å². The number of amides is 1. The van der Waals surface area contributed by atoms with Gasteiger partial charge in [-0.15, -0.1) is 10.2 Å². The molecule has 0 saturated heterocycles. The Kier molecular flexibility index (Phi) is 5.81. The highest BCUT2D eigenvalue weighted by atomic mass is 32.2. The molecule has 2 aliphatic heterocycles. The summed E-state index contributed by atoms with van der Waals surface area (Å²) in [5, 5.41) is 22.1. The molecule has 0 saturated carbocycles. The largest absolute Gasteiger partial charge is 0.384 e. The maximum Gasteiger partial charge on any atom is 0.245 e. The summed E-state index contributed by atoms with van der Waals surface area (Å²) in [4.78, 5) is 28.7. The van der Waals surface area contributed by atoms with Crippen molar-refractivity contribution in [3.63, 3.8) is 0 Å². The standard InChI is InChI=1S/C27H21FN6O2S2/c1-14-4-2-5-15(10-14)13-37-26-33-32-25(38-26)34-20-6-3-7-21(35)22(20)27(18(12-29)23(34)30)17-11-16(28)8-9-19(17)31-24(27)36/h2,4-5,8-11H,3,6-7,13,30H2,1H3,(H,31,36)/t27-/m1/s1. The van der Waals surface area contributed by atoms with Crippen LogP contribution in [-0.4, -0.2) is 21.9 Å². The average Bonchev–Trinajstić information content (AvgIpc) is 3.46. The van der Waals surface area contributed by atoms with Crippen molar-refractivity contribution in [1.82, 2.24) is 10.2 Å². The SMILES string of the molecule is Cc1cccc(CSc2nnc(N3C(N)=C(C#N)[C@@]4(C(=O)Nc5ccc(F)cc54)C4=C3CCCC4=O)s2)c1. The van der Waals surface area contributed by atoms with Crippen molar-refractivity contribution in [2.45, 2.75) is 41.7 Å². The number of allylic oxidation sites excluding steroid dienone is 1. The van der Waals surface area contributed by atoms with Gasteiger partial charge in [0, 0.05) is 34.7 Å². The second-order valence-electron chi connectivity index (χ2n) is 9.33. The molecular formula is C27H21FN6O2S2. The number of nitrogens with zero attached hydrogens (tertiary/aromatic N) is 4. The molecule has 0 radical (unpaired) electrons. The van der Waals surface area contributed by atoms with Gasteiger partial charge < -0.3 is 11.1 Å². The van der Waals surface area contributed by atoms with Crippen molar-refractivity contribution in [1.29, 1.82) is 5.26 Å². The third-order valence-corrected chi connectivity index (χ3v) is 9.13. The number of thioether (sulfide) groups is 1. The van der Waals surface area contributed by atoms with E-state index >= 15 is 0 Å². The third kappa shape index (κ3) is 3.55. The Morgan fingerprint density at radius 3 is 2.87 bits per heavy atom. The minimum absolute atomic E-state index is 0.0143. The highest BCUT2D eigenvalue weighted by Gasteiger charge is 2.60. The van der Waals surface area contributed by atoms with Gasteiger partial charge in [0.1, 0.15) is 23.1 Å². The molecule has 0 unspecified atom stereocenters. The highest BCUT2D eigenvalue weighted by molar-refractivity contribution is 8.00. The summed E-state index contributed by atoms with van der Waals surface area (Å²) in [5.41, 5.74) is 8.22. The van der Waals surface area contributed by atoms with Crippen molar-refractivity contribution >= 4 is 45.6 Å². The maximum atomic E-state index is 14.4. The van der Waals surface area contributed by atoms with E-state index in [1.807, 2.05) is 25.1 Å². The Hall–Kier alpha value is -4.01. The molecule has 0 fully saturated rings. The predicted molar refractivity (Wildman–Crippen MR) is 143 cm³/mol. The number of aromatic nitrogens is 2. The summed E-state index contributed by atoms with van der Waals surface area (Å²) in [6.45, 7) is 2.04. The smallest absolute Gasteiger partial charge is 0.245 e. The first-order chi connectivity index (χ1) is 18.3. The number of fused-ring (bicyclic) bond motifs is 3. The quantitative estimate of drug-likeness (QED) is 0.453. The first kappa shape index (κ1) is 24.3. The number of aryl methyl sites for hydroxylation is 1. The van der Waals surface area contributed by atoms with E-state index in [4.69, 9.17) is 5.73 Å². The summed E-state index contributed by atoms with van der Waals surface area (Å²) in [6.07, 6.45) is 1.19. The van der Waals surface area contributed by atoms with Crippen molar-refractivity contribution < 1.29 is 14.0 Å². The number of Topliss-reactive ketones (excluding diaryl/α,β-unsaturated/α-hetero) is 1. The molecule has 38 heavy (non-hydrogen) atoms. The molecule has 3 aliphatic rings. The van der Waals surface area contributed by atoms with Crippen molar-refractivity contribution in [3.05, 3.63) is 87.6 Å². The zero-order valence-electron chi connectivity index (χ0n) is 20.2. The number of nitrogens with two attached hydrogens (primary N) is 1. The number of halogens is 1. The van der Waals surface area contributed by atoms with E-state index in [1.165, 1.54) is 46.9 Å². The number of hydrogen-bond acceptors (Lipinski definition) is 9. The van der Waals surface area contributed by atoms with E-state index in [2.05, 4.69) is 27.6 Å². The number of anilines is 2. The molecule has 3 heterocycles. The van der Waals surface area contributed by atoms with Crippen LogP contribution >= 0.6 is 23.1 Å². The molecule has 1 aromatic heterocycles. The number of benzene rings is 2. The molecule has 6 rings (SSSR count). The van der Waals surface area contributed by atoms with E-state index in [-0.39, 0.29) is 34.7 Å². The van der Waals surface area contributed by atoms with E-state index in [0.29, 0.717) is 39.5 Å². The fraction of sp³-hybridized carbons (Fsp3) is 0.222. The third-order valence-electron chi connectivity index (χ3n) is 7.02. The first-order valence-electron chi connectivity index (χ1n) is 11.9. The summed E-state index contributed by atoms with van der Waals surface area (Å²) in [5.74, 6) is -0.764. The van der Waals surface area contributed by atoms with Crippen molar-refractivity contribution in [2.75, 3.05) is 10.2 Å². The van der Waals surface area contributed by atoms with E-state index in [0.717, 1.165) is 5.56 Å². The van der Waals surface area contributed by atoms with Gasteiger partial charge in [-0.25, -0.2) is 4.39 Å². The second kappa shape index (κ2) is 9.08. The van der Waals surface area contributed by atoms with Crippen LogP contribution in [0.25, 0.3) is 0 Å². The number of nitrogens with one attached hydrogen (secondary N) is 1.